The third-order valence-electron chi connectivity index (χ3n) is 10.6. The molecule has 1 aliphatic rings. The van der Waals surface area contributed by atoms with Crippen LogP contribution in [-0.4, -0.2) is 134 Å². The summed E-state index contributed by atoms with van der Waals surface area (Å²) in [5.74, 6) is -4.95. The van der Waals surface area contributed by atoms with Crippen LogP contribution in [-0.2, 0) is 60.6 Å². The normalized spacial score (nSPS) is 16.2. The Bertz CT molecular complexity index is 1910. The summed E-state index contributed by atoms with van der Waals surface area (Å²) in [5.41, 5.74) is -0.719. The van der Waals surface area contributed by atoms with Crippen molar-refractivity contribution in [2.45, 2.75) is 122 Å². The molecule has 1 saturated heterocycles. The third kappa shape index (κ3) is 20.4. The number of hydrogen-bond donors (Lipinski definition) is 6. The standard InChI is InChI=1S/C46H69N5O12S/c1-32(2)27-37(42(55)46(5,59)31-63-64(60,61)26-14-8-13-19-41(53)54)48-45(58)39(29-35-17-11-7-12-18-35)50-44(57)38(28-33(3)4)49-43(56)36(21-20-34-15-9-6-10-16-34)47-40(52)30-51-22-24-62-25-23-51/h6-7,9-12,15-18,32-33,36-39,59H,8,13-14,19-31H2,1-5H3,(H,47,52)(H,48,58)(H,49,56)(H,50,57)(H,53,54)/t36-,37-,38-,39+,46?/m0/s1. The number of carbonyl (C=O) groups is 6. The molecule has 1 unspecified atom stereocenters. The summed E-state index contributed by atoms with van der Waals surface area (Å²) >= 11 is 0. The number of ketones is 1. The van der Waals surface area contributed by atoms with Gasteiger partial charge in [-0.05, 0) is 68.4 Å². The topological polar surface area (TPSA) is 247 Å². The molecule has 0 bridgehead atoms. The number of ether oxygens (including phenoxy) is 1. The van der Waals surface area contributed by atoms with Crippen molar-refractivity contribution in [1.29, 1.82) is 0 Å². The van der Waals surface area contributed by atoms with Gasteiger partial charge in [0.15, 0.2) is 5.78 Å². The molecule has 0 aromatic heterocycles. The van der Waals surface area contributed by atoms with E-state index in [1.807, 2.05) is 49.1 Å². The van der Waals surface area contributed by atoms with Crippen LogP contribution in [0.2, 0.25) is 0 Å². The van der Waals surface area contributed by atoms with Gasteiger partial charge in [0.25, 0.3) is 10.1 Å². The van der Waals surface area contributed by atoms with Crippen LogP contribution in [0.25, 0.3) is 0 Å². The second-order valence-electron chi connectivity index (χ2n) is 17.5. The lowest BCUT2D eigenvalue weighted by Crippen LogP contribution is -2.60. The van der Waals surface area contributed by atoms with Gasteiger partial charge < -0.3 is 36.2 Å². The van der Waals surface area contributed by atoms with Crippen molar-refractivity contribution in [3.63, 3.8) is 0 Å². The van der Waals surface area contributed by atoms with Crippen LogP contribution in [0, 0.1) is 11.8 Å². The Balaban J connectivity index is 1.81. The van der Waals surface area contributed by atoms with E-state index in [2.05, 4.69) is 21.3 Å². The number of benzene rings is 2. The number of carbonyl (C=O) groups excluding carboxylic acids is 5. The van der Waals surface area contributed by atoms with Crippen LogP contribution in [0.3, 0.4) is 0 Å². The van der Waals surface area contributed by atoms with E-state index in [1.54, 1.807) is 44.2 Å². The molecule has 2 aromatic carbocycles. The highest BCUT2D eigenvalue weighted by Gasteiger charge is 2.40. The number of hydrogen-bond acceptors (Lipinski definition) is 12. The van der Waals surface area contributed by atoms with Gasteiger partial charge in [-0.25, -0.2) is 0 Å². The third-order valence-corrected chi connectivity index (χ3v) is 11.9. The van der Waals surface area contributed by atoms with Gasteiger partial charge in [0.2, 0.25) is 23.6 Å². The Morgan fingerprint density at radius 2 is 1.27 bits per heavy atom. The van der Waals surface area contributed by atoms with Gasteiger partial charge in [-0.1, -0.05) is 94.8 Å². The van der Waals surface area contributed by atoms with E-state index in [1.165, 1.54) is 0 Å². The van der Waals surface area contributed by atoms with Crippen LogP contribution < -0.4 is 21.3 Å². The molecule has 5 atom stereocenters. The molecule has 0 saturated carbocycles. The molecule has 1 aliphatic heterocycles. The number of rotatable bonds is 29. The van der Waals surface area contributed by atoms with E-state index >= 15 is 0 Å². The average Bonchev–Trinajstić information content (AvgIpc) is 3.24. The van der Waals surface area contributed by atoms with E-state index in [0.29, 0.717) is 44.7 Å². The van der Waals surface area contributed by atoms with Gasteiger partial charge in [0.05, 0.1) is 31.6 Å². The van der Waals surface area contributed by atoms with E-state index in [4.69, 9.17) is 14.0 Å². The lowest BCUT2D eigenvalue weighted by Gasteiger charge is -2.30. The van der Waals surface area contributed by atoms with Gasteiger partial charge in [-0.15, -0.1) is 0 Å². The monoisotopic (exact) mass is 915 g/mol. The molecule has 6 N–H and O–H groups in total. The molecule has 0 spiro atoms. The minimum atomic E-state index is -4.19. The van der Waals surface area contributed by atoms with Crippen molar-refractivity contribution < 1.29 is 56.3 Å². The zero-order chi connectivity index (χ0) is 47.3. The Labute approximate surface area is 377 Å². The summed E-state index contributed by atoms with van der Waals surface area (Å²) in [6, 6.07) is 13.7. The quantitative estimate of drug-likeness (QED) is 0.0508. The minimum Gasteiger partial charge on any atom is -0.481 e. The number of unbranched alkanes of at least 4 members (excludes halogenated alkanes) is 2. The van der Waals surface area contributed by atoms with E-state index in [9.17, 15) is 42.3 Å². The van der Waals surface area contributed by atoms with Gasteiger partial charge in [0, 0.05) is 25.9 Å². The fourth-order valence-corrected chi connectivity index (χ4v) is 8.24. The average molecular weight is 916 g/mol. The lowest BCUT2D eigenvalue weighted by molar-refractivity contribution is -0.143. The van der Waals surface area contributed by atoms with Crippen LogP contribution >= 0.6 is 0 Å². The summed E-state index contributed by atoms with van der Waals surface area (Å²) in [4.78, 5) is 82.5. The number of nitrogens with one attached hydrogen (secondary N) is 4. The van der Waals surface area contributed by atoms with Crippen molar-refractivity contribution in [3.8, 4) is 0 Å². The van der Waals surface area contributed by atoms with Crippen LogP contribution in [0.4, 0.5) is 0 Å². The van der Waals surface area contributed by atoms with Gasteiger partial charge in [-0.3, -0.25) is 37.9 Å². The summed E-state index contributed by atoms with van der Waals surface area (Å²) in [5, 5.41) is 31.3. The van der Waals surface area contributed by atoms with Crippen molar-refractivity contribution >= 4 is 45.5 Å². The molecular weight excluding hydrogens is 847 g/mol. The molecule has 0 radical (unpaired) electrons. The second-order valence-corrected chi connectivity index (χ2v) is 19.3. The molecular formula is C46H69N5O12S. The van der Waals surface area contributed by atoms with Crippen molar-refractivity contribution in [2.75, 3.05) is 45.2 Å². The number of aryl methyl sites for hydroxylation is 1. The Kier molecular flexibility index (Phi) is 22.5. The van der Waals surface area contributed by atoms with Gasteiger partial charge in [-0.2, -0.15) is 8.42 Å². The lowest BCUT2D eigenvalue weighted by atomic mass is 9.90. The predicted molar refractivity (Wildman–Crippen MR) is 240 cm³/mol. The van der Waals surface area contributed by atoms with Crippen molar-refractivity contribution in [2.24, 2.45) is 11.8 Å². The van der Waals surface area contributed by atoms with E-state index in [-0.39, 0.29) is 69.2 Å². The number of aliphatic hydroxyl groups is 1. The molecule has 0 aliphatic carbocycles. The fraction of sp³-hybridized carbons (Fsp3) is 0.609. The van der Waals surface area contributed by atoms with Crippen LogP contribution in [0.5, 0.6) is 0 Å². The number of Topliss-reactive ketones (excluding diaryl/α,β-unsaturated/α-hetero) is 1. The molecule has 2 aromatic rings. The number of carboxylic acids is 1. The molecule has 4 amide bonds. The maximum Gasteiger partial charge on any atom is 0.303 e. The first kappa shape index (κ1) is 53.6. The minimum absolute atomic E-state index is 0.00907. The summed E-state index contributed by atoms with van der Waals surface area (Å²) < 4.78 is 35.6. The second kappa shape index (κ2) is 26.9. The summed E-state index contributed by atoms with van der Waals surface area (Å²) in [7, 11) is -4.19. The first-order valence-electron chi connectivity index (χ1n) is 22.2. The molecule has 17 nitrogen and oxygen atoms in total. The maximum absolute atomic E-state index is 14.3. The molecule has 1 heterocycles. The Morgan fingerprint density at radius 1 is 0.734 bits per heavy atom. The molecule has 1 fully saturated rings. The highest BCUT2D eigenvalue weighted by molar-refractivity contribution is 7.86. The highest BCUT2D eigenvalue weighted by atomic mass is 32.2. The Morgan fingerprint density at radius 3 is 1.86 bits per heavy atom. The summed E-state index contributed by atoms with van der Waals surface area (Å²) in [6.07, 6.45) is 1.57. The fourth-order valence-electron chi connectivity index (χ4n) is 7.15. The van der Waals surface area contributed by atoms with Crippen molar-refractivity contribution in [1.82, 2.24) is 26.2 Å². The highest BCUT2D eigenvalue weighted by Crippen LogP contribution is 2.18. The largest absolute Gasteiger partial charge is 0.481 e. The maximum atomic E-state index is 14.3. The first-order chi connectivity index (χ1) is 30.2. The van der Waals surface area contributed by atoms with E-state index < -0.39 is 81.7 Å². The number of aliphatic carboxylic acids is 1. The number of morpholine rings is 1. The number of nitrogens with zero attached hydrogens (tertiary/aromatic N) is 1. The van der Waals surface area contributed by atoms with E-state index in [0.717, 1.165) is 12.5 Å². The van der Waals surface area contributed by atoms with Crippen LogP contribution in [0.15, 0.2) is 60.7 Å². The SMILES string of the molecule is CC(C)C[C@H](NC(=O)[C@H](CCc1ccccc1)NC(=O)CN1CCOCC1)C(=O)N[C@H](Cc1ccccc1)C(=O)N[C@@H](CC(C)C)C(=O)C(C)(O)COS(=O)(=O)CCCCCC(=O)O. The smallest absolute Gasteiger partial charge is 0.303 e. The molecule has 356 valence electrons. The molecule has 18 heteroatoms. The number of amides is 4. The Hall–Kier alpha value is -4.75. The number of carboxylic acid groups (broad SMARTS) is 1. The first-order valence-corrected chi connectivity index (χ1v) is 23.8. The van der Waals surface area contributed by atoms with Gasteiger partial charge >= 0.3 is 5.97 Å². The zero-order valence-corrected chi connectivity index (χ0v) is 38.7. The van der Waals surface area contributed by atoms with Gasteiger partial charge in [0.1, 0.15) is 30.3 Å². The zero-order valence-electron chi connectivity index (χ0n) is 37.9. The molecule has 3 rings (SSSR count). The van der Waals surface area contributed by atoms with Crippen LogP contribution in [0.1, 0.15) is 90.7 Å². The van der Waals surface area contributed by atoms with Crippen molar-refractivity contribution in [3.05, 3.63) is 71.8 Å². The summed E-state index contributed by atoms with van der Waals surface area (Å²) in [6.45, 7) is 9.75. The predicted octanol–water partition coefficient (Wildman–Crippen LogP) is 2.54. The molecule has 64 heavy (non-hydrogen) atoms.